The molecule has 27 heavy (non-hydrogen) atoms. The Labute approximate surface area is 154 Å². The molecular weight excluding hydrogens is 381 g/mol. The number of halogens is 1. The van der Waals surface area contributed by atoms with Crippen molar-refractivity contribution in [3.63, 3.8) is 0 Å². The first-order valence-corrected chi connectivity index (χ1v) is 8.91. The summed E-state index contributed by atoms with van der Waals surface area (Å²) in [5.41, 5.74) is -0.880. The molecule has 0 aliphatic carbocycles. The highest BCUT2D eigenvalue weighted by atomic mass is 32.2. The molecule has 2 aromatic rings. The second-order valence-corrected chi connectivity index (χ2v) is 7.04. The van der Waals surface area contributed by atoms with Gasteiger partial charge in [0.2, 0.25) is 0 Å². The summed E-state index contributed by atoms with van der Waals surface area (Å²) in [7, 11) is -1.62. The van der Waals surface area contributed by atoms with Crippen LogP contribution >= 0.6 is 0 Å². The van der Waals surface area contributed by atoms with E-state index in [1.54, 1.807) is 0 Å². The molecule has 0 heterocycles. The van der Waals surface area contributed by atoms with Crippen LogP contribution in [0, 0.1) is 5.82 Å². The molecular formula is C17H16FNO7S. The summed E-state index contributed by atoms with van der Waals surface area (Å²) in [5, 5.41) is 8.96. The number of hydrogen-bond acceptors (Lipinski definition) is 6. The molecule has 0 aliphatic heterocycles. The number of carbonyl (C=O) groups excluding carboxylic acids is 1. The number of methoxy groups -OCH3 is 2. The highest BCUT2D eigenvalue weighted by molar-refractivity contribution is 7.92. The quantitative estimate of drug-likeness (QED) is 0.689. The van der Waals surface area contributed by atoms with Crippen molar-refractivity contribution in [3.8, 4) is 11.5 Å². The van der Waals surface area contributed by atoms with Gasteiger partial charge in [0.1, 0.15) is 5.82 Å². The summed E-state index contributed by atoms with van der Waals surface area (Å²) in [4.78, 5) is 22.4. The second-order valence-electron chi connectivity index (χ2n) is 5.36. The van der Waals surface area contributed by atoms with Crippen LogP contribution in [0.3, 0.4) is 0 Å². The number of carbonyl (C=O) groups is 2. The molecule has 8 nitrogen and oxygen atoms in total. The van der Waals surface area contributed by atoms with Crippen LogP contribution in [0.2, 0.25) is 0 Å². The molecule has 0 radical (unpaired) electrons. The molecule has 0 amide bonds. The predicted molar refractivity (Wildman–Crippen MR) is 93.7 cm³/mol. The SMILES string of the molecule is COc1cc(NS(=O)(=O)c2ccc(F)c(C(=O)O)c2)c(C(C)=O)cc1OC. The minimum Gasteiger partial charge on any atom is -0.493 e. The van der Waals surface area contributed by atoms with Crippen molar-refractivity contribution in [3.05, 3.63) is 47.3 Å². The van der Waals surface area contributed by atoms with Gasteiger partial charge in [-0.25, -0.2) is 17.6 Å². The van der Waals surface area contributed by atoms with Crippen molar-refractivity contribution in [1.29, 1.82) is 0 Å². The third-order valence-electron chi connectivity index (χ3n) is 3.63. The minimum absolute atomic E-state index is 0.0109. The summed E-state index contributed by atoms with van der Waals surface area (Å²) in [6.07, 6.45) is 0. The lowest BCUT2D eigenvalue weighted by Crippen LogP contribution is -2.16. The van der Waals surface area contributed by atoms with E-state index in [2.05, 4.69) is 4.72 Å². The molecule has 0 aromatic heterocycles. The fourth-order valence-electron chi connectivity index (χ4n) is 2.29. The number of sulfonamides is 1. The van der Waals surface area contributed by atoms with Crippen molar-refractivity contribution < 1.29 is 37.0 Å². The molecule has 2 rings (SSSR count). The Morgan fingerprint density at radius 1 is 1.04 bits per heavy atom. The zero-order valence-electron chi connectivity index (χ0n) is 14.6. The van der Waals surface area contributed by atoms with E-state index >= 15 is 0 Å². The zero-order chi connectivity index (χ0) is 20.4. The van der Waals surface area contributed by atoms with Crippen molar-refractivity contribution in [1.82, 2.24) is 0 Å². The minimum atomic E-state index is -4.32. The van der Waals surface area contributed by atoms with Crippen LogP contribution in [0.1, 0.15) is 27.6 Å². The molecule has 0 bridgehead atoms. The number of hydrogen-bond donors (Lipinski definition) is 2. The van der Waals surface area contributed by atoms with Crippen LogP contribution < -0.4 is 14.2 Å². The first-order chi connectivity index (χ1) is 12.6. The number of Topliss-reactive ketones (excluding diaryl/α,β-unsaturated/α-hetero) is 1. The summed E-state index contributed by atoms with van der Waals surface area (Å²) >= 11 is 0. The maximum atomic E-state index is 13.5. The van der Waals surface area contributed by atoms with Crippen LogP contribution in [0.15, 0.2) is 35.2 Å². The molecule has 2 N–H and O–H groups in total. The van der Waals surface area contributed by atoms with Gasteiger partial charge in [-0.3, -0.25) is 9.52 Å². The van der Waals surface area contributed by atoms with Gasteiger partial charge >= 0.3 is 5.97 Å². The van der Waals surface area contributed by atoms with E-state index in [4.69, 9.17) is 14.6 Å². The Balaban J connectivity index is 2.56. The van der Waals surface area contributed by atoms with Gasteiger partial charge in [-0.2, -0.15) is 0 Å². The summed E-state index contributed by atoms with van der Waals surface area (Å²) in [6, 6.07) is 4.91. The number of aromatic carboxylic acids is 1. The third-order valence-corrected chi connectivity index (χ3v) is 4.99. The second kappa shape index (κ2) is 7.62. The van der Waals surface area contributed by atoms with Crippen LogP contribution in [-0.4, -0.2) is 39.5 Å². The molecule has 0 saturated heterocycles. The summed E-state index contributed by atoms with van der Waals surface area (Å²) in [6.45, 7) is 1.24. The highest BCUT2D eigenvalue weighted by Gasteiger charge is 2.22. The maximum absolute atomic E-state index is 13.5. The van der Waals surface area contributed by atoms with Gasteiger partial charge in [0.05, 0.1) is 30.4 Å². The number of carboxylic acid groups (broad SMARTS) is 1. The number of anilines is 1. The summed E-state index contributed by atoms with van der Waals surface area (Å²) in [5.74, 6) is -2.73. The smallest absolute Gasteiger partial charge is 0.338 e. The van der Waals surface area contributed by atoms with Crippen molar-refractivity contribution in [2.24, 2.45) is 0 Å². The fourth-order valence-corrected chi connectivity index (χ4v) is 3.39. The standard InChI is InChI=1S/C17H16FNO7S/c1-9(20)11-7-15(25-2)16(26-3)8-14(11)19-27(23,24)10-4-5-13(18)12(6-10)17(21)22/h4-8,19H,1-3H3,(H,21,22). The monoisotopic (exact) mass is 397 g/mol. The highest BCUT2D eigenvalue weighted by Crippen LogP contribution is 2.34. The molecule has 10 heteroatoms. The van der Waals surface area contributed by atoms with Crippen molar-refractivity contribution in [2.45, 2.75) is 11.8 Å². The molecule has 0 saturated carbocycles. The number of carboxylic acids is 1. The molecule has 0 fully saturated rings. The van der Waals surface area contributed by atoms with Gasteiger partial charge in [-0.05, 0) is 31.2 Å². The van der Waals surface area contributed by atoms with Gasteiger partial charge in [-0.1, -0.05) is 0 Å². The lowest BCUT2D eigenvalue weighted by atomic mass is 10.1. The normalized spacial score (nSPS) is 11.0. The van der Waals surface area contributed by atoms with Gasteiger partial charge in [0, 0.05) is 11.6 Å². The average molecular weight is 397 g/mol. The topological polar surface area (TPSA) is 119 Å². The van der Waals surface area contributed by atoms with E-state index in [9.17, 15) is 22.4 Å². The first-order valence-electron chi connectivity index (χ1n) is 7.43. The van der Waals surface area contributed by atoms with Gasteiger partial charge < -0.3 is 14.6 Å². The van der Waals surface area contributed by atoms with E-state index in [-0.39, 0.29) is 22.7 Å². The molecule has 0 spiro atoms. The molecule has 2 aromatic carbocycles. The molecule has 144 valence electrons. The largest absolute Gasteiger partial charge is 0.493 e. The Kier molecular flexibility index (Phi) is 5.69. The molecule has 0 aliphatic rings. The van der Waals surface area contributed by atoms with Crippen LogP contribution in [0.4, 0.5) is 10.1 Å². The van der Waals surface area contributed by atoms with E-state index < -0.39 is 38.1 Å². The lowest BCUT2D eigenvalue weighted by molar-refractivity contribution is 0.0691. The van der Waals surface area contributed by atoms with Gasteiger partial charge in [0.25, 0.3) is 10.0 Å². The van der Waals surface area contributed by atoms with Gasteiger partial charge in [-0.15, -0.1) is 0 Å². The van der Waals surface area contributed by atoms with Gasteiger partial charge in [0.15, 0.2) is 17.3 Å². The zero-order valence-corrected chi connectivity index (χ0v) is 15.4. The third kappa shape index (κ3) is 4.17. The molecule has 0 atom stereocenters. The van der Waals surface area contributed by atoms with Crippen molar-refractivity contribution >= 4 is 27.5 Å². The van der Waals surface area contributed by atoms with Crippen molar-refractivity contribution in [2.75, 3.05) is 18.9 Å². The van der Waals surface area contributed by atoms with E-state index in [0.29, 0.717) is 6.07 Å². The molecule has 0 unspecified atom stereocenters. The van der Waals surface area contributed by atoms with Crippen LogP contribution in [0.25, 0.3) is 0 Å². The Morgan fingerprint density at radius 2 is 1.63 bits per heavy atom. The maximum Gasteiger partial charge on any atom is 0.338 e. The predicted octanol–water partition coefficient (Wildman–Crippen LogP) is 2.54. The number of benzene rings is 2. The van der Waals surface area contributed by atoms with Crippen LogP contribution in [-0.2, 0) is 10.0 Å². The first kappa shape index (κ1) is 20.2. The number of rotatable bonds is 7. The Bertz CT molecular complexity index is 1020. The Hall–Kier alpha value is -3.14. The average Bonchev–Trinajstić information content (AvgIpc) is 2.60. The van der Waals surface area contributed by atoms with E-state index in [0.717, 1.165) is 12.1 Å². The Morgan fingerprint density at radius 3 is 2.15 bits per heavy atom. The number of ketones is 1. The lowest BCUT2D eigenvalue weighted by Gasteiger charge is -2.15. The van der Waals surface area contributed by atoms with E-state index in [1.165, 1.54) is 33.3 Å². The van der Waals surface area contributed by atoms with Crippen LogP contribution in [0.5, 0.6) is 11.5 Å². The number of ether oxygens (including phenoxy) is 2. The number of nitrogens with one attached hydrogen (secondary N) is 1. The summed E-state index contributed by atoms with van der Waals surface area (Å²) < 4.78 is 51.1. The fraction of sp³-hybridized carbons (Fsp3) is 0.176. The van der Waals surface area contributed by atoms with E-state index in [1.807, 2.05) is 0 Å².